The van der Waals surface area contributed by atoms with Crippen molar-refractivity contribution in [3.8, 4) is 0 Å². The molecular weight excluding hydrogens is 168 g/mol. The van der Waals surface area contributed by atoms with E-state index < -0.39 is 0 Å². The zero-order valence-corrected chi connectivity index (χ0v) is 7.95. The van der Waals surface area contributed by atoms with Crippen molar-refractivity contribution in [3.63, 3.8) is 0 Å². The summed E-state index contributed by atoms with van der Waals surface area (Å²) < 4.78 is 10.1. The zero-order chi connectivity index (χ0) is 9.84. The highest BCUT2D eigenvalue weighted by molar-refractivity contribution is 5.90. The first-order valence-electron chi connectivity index (χ1n) is 4.32. The van der Waals surface area contributed by atoms with E-state index in [0.29, 0.717) is 5.57 Å². The molecule has 0 aromatic rings. The van der Waals surface area contributed by atoms with Crippen LogP contribution in [0, 0.1) is 0 Å². The van der Waals surface area contributed by atoms with Gasteiger partial charge in [-0.2, -0.15) is 0 Å². The van der Waals surface area contributed by atoms with Crippen molar-refractivity contribution in [2.45, 2.75) is 32.5 Å². The Kier molecular flexibility index (Phi) is 3.25. The first-order chi connectivity index (χ1) is 6.15. The fraction of sp³-hybridized carbons (Fsp3) is 0.500. The van der Waals surface area contributed by atoms with E-state index >= 15 is 0 Å². The molecule has 0 bridgehead atoms. The van der Waals surface area contributed by atoms with Gasteiger partial charge >= 0.3 is 5.97 Å². The number of carbonyl (C=O) groups is 1. The lowest BCUT2D eigenvalue weighted by Gasteiger charge is -2.24. The van der Waals surface area contributed by atoms with E-state index in [2.05, 4.69) is 11.3 Å². The maximum atomic E-state index is 11.3. The monoisotopic (exact) mass is 182 g/mol. The maximum absolute atomic E-state index is 11.3. The molecule has 72 valence electrons. The summed E-state index contributed by atoms with van der Waals surface area (Å²) in [5, 5.41) is 0. The molecule has 13 heavy (non-hydrogen) atoms. The Balaban J connectivity index is 2.68. The summed E-state index contributed by atoms with van der Waals surface area (Å²) in [7, 11) is 0. The molecule has 0 aromatic carbocycles. The molecule has 0 aliphatic carbocycles. The third kappa shape index (κ3) is 2.42. The summed E-state index contributed by atoms with van der Waals surface area (Å²) in [6, 6.07) is 0. The Morgan fingerprint density at radius 2 is 2.46 bits per heavy atom. The van der Waals surface area contributed by atoms with Crippen LogP contribution in [0.25, 0.3) is 0 Å². The predicted octanol–water partition coefficient (Wildman–Crippen LogP) is 1.80. The Morgan fingerprint density at radius 3 is 3.00 bits per heavy atom. The summed E-state index contributed by atoms with van der Waals surface area (Å²) >= 11 is 0. The van der Waals surface area contributed by atoms with Gasteiger partial charge < -0.3 is 9.47 Å². The van der Waals surface area contributed by atoms with Crippen molar-refractivity contribution in [1.82, 2.24) is 0 Å². The predicted molar refractivity (Wildman–Crippen MR) is 49.0 cm³/mol. The number of rotatable bonds is 2. The fourth-order valence-electron chi connectivity index (χ4n) is 1.33. The summed E-state index contributed by atoms with van der Waals surface area (Å²) in [6.07, 6.45) is 3.75. The van der Waals surface area contributed by atoms with Gasteiger partial charge in [-0.3, -0.25) is 0 Å². The lowest BCUT2D eigenvalue weighted by Crippen LogP contribution is -2.27. The third-order valence-electron chi connectivity index (χ3n) is 1.97. The van der Waals surface area contributed by atoms with Crippen LogP contribution < -0.4 is 0 Å². The third-order valence-corrected chi connectivity index (χ3v) is 1.97. The first-order valence-corrected chi connectivity index (χ1v) is 4.32. The van der Waals surface area contributed by atoms with Crippen LogP contribution in [-0.2, 0) is 14.3 Å². The van der Waals surface area contributed by atoms with Crippen molar-refractivity contribution in [1.29, 1.82) is 0 Å². The SMILES string of the molecule is C=COC(=O)C1=CCC(C)OC1C. The minimum Gasteiger partial charge on any atom is -0.432 e. The summed E-state index contributed by atoms with van der Waals surface area (Å²) in [5.74, 6) is -0.366. The van der Waals surface area contributed by atoms with Crippen molar-refractivity contribution < 1.29 is 14.3 Å². The van der Waals surface area contributed by atoms with Gasteiger partial charge in [0.15, 0.2) is 0 Å². The van der Waals surface area contributed by atoms with Crippen molar-refractivity contribution >= 4 is 5.97 Å². The molecule has 0 saturated carbocycles. The molecule has 0 N–H and O–H groups in total. The van der Waals surface area contributed by atoms with Crippen LogP contribution in [0.1, 0.15) is 20.3 Å². The molecule has 0 spiro atoms. The second-order valence-corrected chi connectivity index (χ2v) is 3.06. The Hall–Kier alpha value is -1.09. The normalized spacial score (nSPS) is 27.7. The number of hydrogen-bond donors (Lipinski definition) is 0. The van der Waals surface area contributed by atoms with E-state index in [0.717, 1.165) is 12.7 Å². The van der Waals surface area contributed by atoms with Gasteiger partial charge in [0.1, 0.15) is 0 Å². The molecule has 1 rings (SSSR count). The minimum atomic E-state index is -0.366. The molecular formula is C10H14O3. The number of carbonyl (C=O) groups excluding carboxylic acids is 1. The van der Waals surface area contributed by atoms with E-state index in [1.807, 2.05) is 19.9 Å². The van der Waals surface area contributed by atoms with Gasteiger partial charge in [-0.05, 0) is 20.3 Å². The molecule has 1 heterocycles. The number of hydrogen-bond acceptors (Lipinski definition) is 3. The van der Waals surface area contributed by atoms with Crippen LogP contribution in [0.4, 0.5) is 0 Å². The van der Waals surface area contributed by atoms with Gasteiger partial charge in [0.2, 0.25) is 0 Å². The smallest absolute Gasteiger partial charge is 0.341 e. The quantitative estimate of drug-likeness (QED) is 0.482. The Labute approximate surface area is 78.0 Å². The van der Waals surface area contributed by atoms with Crippen molar-refractivity contribution in [3.05, 3.63) is 24.5 Å². The largest absolute Gasteiger partial charge is 0.432 e. The fourth-order valence-corrected chi connectivity index (χ4v) is 1.33. The second kappa shape index (κ2) is 4.23. The topological polar surface area (TPSA) is 35.5 Å². The maximum Gasteiger partial charge on any atom is 0.341 e. The highest BCUT2D eigenvalue weighted by Gasteiger charge is 2.24. The van der Waals surface area contributed by atoms with Crippen LogP contribution in [0.2, 0.25) is 0 Å². The molecule has 0 radical (unpaired) electrons. The van der Waals surface area contributed by atoms with Gasteiger partial charge in [-0.15, -0.1) is 0 Å². The molecule has 2 unspecified atom stereocenters. The van der Waals surface area contributed by atoms with Crippen molar-refractivity contribution in [2.75, 3.05) is 0 Å². The molecule has 1 aliphatic rings. The molecule has 0 aromatic heterocycles. The average Bonchev–Trinajstić information content (AvgIpc) is 2.04. The van der Waals surface area contributed by atoms with Gasteiger partial charge in [0.05, 0.1) is 24.0 Å². The highest BCUT2D eigenvalue weighted by Crippen LogP contribution is 2.19. The summed E-state index contributed by atoms with van der Waals surface area (Å²) in [5.41, 5.74) is 0.581. The molecule has 0 amide bonds. The lowest BCUT2D eigenvalue weighted by atomic mass is 10.0. The standard InChI is InChI=1S/C10H14O3/c1-4-12-10(11)9-6-5-7(2)13-8(9)3/h4,6-8H,1,5H2,2-3H3. The number of esters is 1. The van der Waals surface area contributed by atoms with E-state index in [1.54, 1.807) is 0 Å². The molecule has 1 aliphatic heterocycles. The Morgan fingerprint density at radius 1 is 1.77 bits per heavy atom. The van der Waals surface area contributed by atoms with Gasteiger partial charge in [0.25, 0.3) is 0 Å². The summed E-state index contributed by atoms with van der Waals surface area (Å²) in [6.45, 7) is 7.14. The molecule has 0 saturated heterocycles. The van der Waals surface area contributed by atoms with E-state index in [-0.39, 0.29) is 18.2 Å². The van der Waals surface area contributed by atoms with E-state index in [1.165, 1.54) is 0 Å². The highest BCUT2D eigenvalue weighted by atomic mass is 16.5. The van der Waals surface area contributed by atoms with Gasteiger partial charge in [-0.1, -0.05) is 12.7 Å². The van der Waals surface area contributed by atoms with Crippen molar-refractivity contribution in [2.24, 2.45) is 0 Å². The molecule has 2 atom stereocenters. The zero-order valence-electron chi connectivity index (χ0n) is 7.95. The average molecular weight is 182 g/mol. The first kappa shape index (κ1) is 9.99. The molecule has 3 nitrogen and oxygen atoms in total. The molecule has 0 fully saturated rings. The van der Waals surface area contributed by atoms with Crippen LogP contribution in [0.5, 0.6) is 0 Å². The Bertz CT molecular complexity index is 243. The van der Waals surface area contributed by atoms with Crippen LogP contribution >= 0.6 is 0 Å². The minimum absolute atomic E-state index is 0.176. The summed E-state index contributed by atoms with van der Waals surface area (Å²) in [4.78, 5) is 11.3. The van der Waals surface area contributed by atoms with E-state index in [9.17, 15) is 4.79 Å². The van der Waals surface area contributed by atoms with E-state index in [4.69, 9.17) is 4.74 Å². The van der Waals surface area contributed by atoms with Gasteiger partial charge in [-0.25, -0.2) is 4.79 Å². The lowest BCUT2D eigenvalue weighted by molar-refractivity contribution is -0.135. The van der Waals surface area contributed by atoms with Crippen LogP contribution in [-0.4, -0.2) is 18.2 Å². The second-order valence-electron chi connectivity index (χ2n) is 3.06. The number of ether oxygens (including phenoxy) is 2. The van der Waals surface area contributed by atoms with Crippen LogP contribution in [0.3, 0.4) is 0 Å². The van der Waals surface area contributed by atoms with Crippen LogP contribution in [0.15, 0.2) is 24.5 Å². The van der Waals surface area contributed by atoms with Gasteiger partial charge in [0, 0.05) is 0 Å². The molecule has 3 heteroatoms.